The first-order chi connectivity index (χ1) is 14.5. The maximum atomic E-state index is 13.0. The molecule has 0 heterocycles. The van der Waals surface area contributed by atoms with Crippen LogP contribution in [0.15, 0.2) is 23.1 Å². The van der Waals surface area contributed by atoms with Gasteiger partial charge in [0.05, 0.1) is 16.0 Å². The van der Waals surface area contributed by atoms with Gasteiger partial charge < -0.3 is 0 Å². The Labute approximate surface area is 177 Å². The van der Waals surface area contributed by atoms with Gasteiger partial charge in [-0.3, -0.25) is 0 Å². The van der Waals surface area contributed by atoms with Gasteiger partial charge in [-0.25, -0.2) is 16.8 Å². The second-order valence-corrected chi connectivity index (χ2v) is 9.70. The van der Waals surface area contributed by atoms with Crippen LogP contribution >= 0.6 is 0 Å². The van der Waals surface area contributed by atoms with Gasteiger partial charge in [0, 0.05) is 0 Å². The summed E-state index contributed by atoms with van der Waals surface area (Å²) in [5, 5.41) is 0. The largest absolute Gasteiger partial charge is 0.427 e. The van der Waals surface area contributed by atoms with Crippen LogP contribution in [0.1, 0.15) is 11.1 Å². The molecule has 0 unspecified atom stereocenters. The number of alkyl halides is 15. The summed E-state index contributed by atoms with van der Waals surface area (Å²) in [4.78, 5) is -2.93. The van der Waals surface area contributed by atoms with Gasteiger partial charge >= 0.3 is 35.6 Å². The van der Waals surface area contributed by atoms with Crippen LogP contribution in [0.25, 0.3) is 0 Å². The lowest BCUT2D eigenvalue weighted by Gasteiger charge is -2.37. The van der Waals surface area contributed by atoms with Crippen molar-refractivity contribution in [2.24, 2.45) is 0 Å². The first kappa shape index (κ1) is 30.1. The summed E-state index contributed by atoms with van der Waals surface area (Å²) >= 11 is 0. The highest BCUT2D eigenvalue weighted by Gasteiger charge is 2.91. The van der Waals surface area contributed by atoms with Crippen molar-refractivity contribution in [3.63, 3.8) is 0 Å². The van der Waals surface area contributed by atoms with Gasteiger partial charge in [-0.05, 0) is 18.2 Å². The van der Waals surface area contributed by atoms with Crippen molar-refractivity contribution in [1.29, 1.82) is 0 Å². The van der Waals surface area contributed by atoms with Gasteiger partial charge in [0.25, 0.3) is 20.0 Å². The van der Waals surface area contributed by atoms with Crippen LogP contribution in [-0.4, -0.2) is 40.1 Å². The Morgan fingerprint density at radius 3 is 1.26 bits per heavy atom. The van der Waals surface area contributed by atoms with Gasteiger partial charge in [-0.2, -0.15) is 65.9 Å². The smallest absolute Gasteiger partial charge is 0.210 e. The lowest BCUT2D eigenvalue weighted by molar-refractivity contribution is -0.347. The summed E-state index contributed by atoms with van der Waals surface area (Å²) in [6, 6.07) is -2.21. The fourth-order valence-corrected chi connectivity index (χ4v) is 6.03. The Morgan fingerprint density at radius 2 is 0.971 bits per heavy atom. The number of nitrogens with one attached hydrogen (secondary N) is 1. The number of hydrogen-bond donors (Lipinski definition) is 1. The van der Waals surface area contributed by atoms with E-state index in [-0.39, 0.29) is 0 Å². The fraction of sp³-hybridized carbons (Fsp3) is 0.500. The Hall–Kier alpha value is -1.97. The zero-order valence-electron chi connectivity index (χ0n) is 14.9. The van der Waals surface area contributed by atoms with Gasteiger partial charge in [-0.15, -0.1) is 4.13 Å². The average Bonchev–Trinajstić information content (AvgIpc) is 2.46. The van der Waals surface area contributed by atoms with Crippen LogP contribution in [0.2, 0.25) is 0 Å². The minimum atomic E-state index is -8.44. The summed E-state index contributed by atoms with van der Waals surface area (Å²) in [5.41, 5.74) is -5.10. The Kier molecular flexibility index (Phi) is 7.10. The molecular formula is C12H4F15NO4S2. The first-order valence-corrected chi connectivity index (χ1v) is 10.3. The fourth-order valence-electron chi connectivity index (χ4n) is 2.35. The molecule has 0 aliphatic heterocycles. The molecule has 1 rings (SSSR count). The van der Waals surface area contributed by atoms with E-state index in [1.807, 2.05) is 0 Å². The topological polar surface area (TPSA) is 80.3 Å². The molecule has 0 saturated carbocycles. The van der Waals surface area contributed by atoms with Gasteiger partial charge in [0.15, 0.2) is 0 Å². The van der Waals surface area contributed by atoms with Crippen molar-refractivity contribution in [3.05, 3.63) is 29.3 Å². The van der Waals surface area contributed by atoms with Crippen molar-refractivity contribution in [2.75, 3.05) is 0 Å². The molecule has 34 heavy (non-hydrogen) atoms. The molecule has 0 atom stereocenters. The van der Waals surface area contributed by atoms with Crippen molar-refractivity contribution in [3.8, 4) is 0 Å². The zero-order valence-corrected chi connectivity index (χ0v) is 16.5. The molecule has 22 heteroatoms. The van der Waals surface area contributed by atoms with Crippen molar-refractivity contribution in [1.82, 2.24) is 4.13 Å². The molecule has 0 fully saturated rings. The summed E-state index contributed by atoms with van der Waals surface area (Å²) in [6.45, 7) is 0. The summed E-state index contributed by atoms with van der Waals surface area (Å²) < 4.78 is 232. The third-order valence-electron chi connectivity index (χ3n) is 3.72. The Balaban J connectivity index is 4.04. The highest BCUT2D eigenvalue weighted by Crippen LogP contribution is 2.57. The minimum Gasteiger partial charge on any atom is -0.210 e. The molecule has 1 aromatic carbocycles. The van der Waals surface area contributed by atoms with Crippen molar-refractivity contribution >= 4 is 20.0 Å². The third-order valence-corrected chi connectivity index (χ3v) is 7.90. The number of sulfonamides is 2. The standard InChI is InChI=1S/C12H4F15NO4S2/c13-7(14,15)4-1-2-5(8(16,17)18)6(3-4)33(29,30)28-34(31,32)9(10(19,20)21,11(22,23)24)12(25,26)27/h1-3,28H. The average molecular weight is 575 g/mol. The van der Waals surface area contributed by atoms with E-state index in [4.69, 9.17) is 0 Å². The van der Waals surface area contributed by atoms with Crippen LogP contribution in [0.5, 0.6) is 0 Å². The van der Waals surface area contributed by atoms with Crippen LogP contribution in [0, 0.1) is 0 Å². The van der Waals surface area contributed by atoms with E-state index in [2.05, 4.69) is 0 Å². The maximum Gasteiger partial charge on any atom is 0.427 e. The van der Waals surface area contributed by atoms with Gasteiger partial charge in [0.2, 0.25) is 0 Å². The molecule has 0 aliphatic rings. The lowest BCUT2D eigenvalue weighted by Crippen LogP contribution is -2.73. The van der Waals surface area contributed by atoms with Crippen molar-refractivity contribution < 1.29 is 82.7 Å². The van der Waals surface area contributed by atoms with Gasteiger partial charge in [-0.1, -0.05) is 0 Å². The van der Waals surface area contributed by atoms with Crippen molar-refractivity contribution in [2.45, 2.75) is 40.5 Å². The predicted molar refractivity (Wildman–Crippen MR) is 76.6 cm³/mol. The predicted octanol–water partition coefficient (Wildman–Crippen LogP) is 4.76. The SMILES string of the molecule is O=S(=O)(NS(=O)(=O)C(C(F)(F)F)(C(F)(F)F)C(F)(F)F)c1cc(C(F)(F)F)ccc1C(F)(F)F. The van der Waals surface area contributed by atoms with Crippen LogP contribution in [0.4, 0.5) is 65.9 Å². The van der Waals surface area contributed by atoms with Crippen LogP contribution < -0.4 is 4.13 Å². The number of hydrogen-bond acceptors (Lipinski definition) is 4. The van der Waals surface area contributed by atoms with Crippen LogP contribution in [0.3, 0.4) is 0 Å². The molecule has 0 aromatic heterocycles. The molecule has 0 aliphatic carbocycles. The number of benzene rings is 1. The molecule has 1 aromatic rings. The second kappa shape index (κ2) is 8.03. The molecular weight excluding hydrogens is 571 g/mol. The monoisotopic (exact) mass is 575 g/mol. The molecule has 1 N–H and O–H groups in total. The quantitative estimate of drug-likeness (QED) is 0.526. The normalized spacial score (nSPS) is 15.5. The first-order valence-electron chi connectivity index (χ1n) is 7.31. The maximum absolute atomic E-state index is 13.0. The number of rotatable bonds is 4. The van der Waals surface area contributed by atoms with Crippen LogP contribution in [-0.2, 0) is 32.4 Å². The lowest BCUT2D eigenvalue weighted by atomic mass is 10.1. The minimum absolute atomic E-state index is 0.457. The molecule has 0 amide bonds. The zero-order chi connectivity index (χ0) is 27.6. The third kappa shape index (κ3) is 5.02. The molecule has 0 saturated heterocycles. The van der Waals surface area contributed by atoms with Gasteiger partial charge in [0.1, 0.15) is 0 Å². The summed E-state index contributed by atoms with van der Waals surface area (Å²) in [7, 11) is -15.6. The van der Waals surface area contributed by atoms with E-state index >= 15 is 0 Å². The second-order valence-electron chi connectivity index (χ2n) is 5.97. The highest BCUT2D eigenvalue weighted by atomic mass is 32.3. The van der Waals surface area contributed by atoms with E-state index < -0.39 is 94.0 Å². The summed E-state index contributed by atoms with van der Waals surface area (Å²) in [5.74, 6) is 0. The van der Waals surface area contributed by atoms with E-state index in [9.17, 15) is 82.7 Å². The molecule has 198 valence electrons. The Bertz CT molecular complexity index is 1100. The molecule has 0 spiro atoms. The highest BCUT2D eigenvalue weighted by molar-refractivity contribution is 8.05. The van der Waals surface area contributed by atoms with E-state index in [1.54, 1.807) is 0 Å². The number of halogens is 15. The Morgan fingerprint density at radius 1 is 0.588 bits per heavy atom. The van der Waals surface area contributed by atoms with E-state index in [0.717, 1.165) is 0 Å². The molecule has 0 bridgehead atoms. The molecule has 5 nitrogen and oxygen atoms in total. The molecule has 0 radical (unpaired) electrons. The van der Waals surface area contributed by atoms with E-state index in [0.29, 0.717) is 0 Å². The summed E-state index contributed by atoms with van der Waals surface area (Å²) in [6.07, 6.45) is -35.5. The van der Waals surface area contributed by atoms with E-state index in [1.165, 1.54) is 0 Å².